The summed E-state index contributed by atoms with van der Waals surface area (Å²) in [6.07, 6.45) is 21.3. The minimum atomic E-state index is -0.764. The molecule has 1 N–H and O–H groups in total. The summed E-state index contributed by atoms with van der Waals surface area (Å²) in [6, 6.07) is 0.254. The van der Waals surface area contributed by atoms with Gasteiger partial charge in [0.2, 0.25) is 0 Å². The van der Waals surface area contributed by atoms with E-state index in [0.717, 1.165) is 97.3 Å². The number of methoxy groups -OCH3 is 3. The van der Waals surface area contributed by atoms with Gasteiger partial charge in [0.25, 0.3) is 0 Å². The topological polar surface area (TPSA) is 72.9 Å². The van der Waals surface area contributed by atoms with Crippen molar-refractivity contribution in [2.45, 2.75) is 69.9 Å². The lowest BCUT2D eigenvalue weighted by molar-refractivity contribution is -0.00405. The lowest BCUT2D eigenvalue weighted by Crippen LogP contribution is -2.45. The fraction of sp³-hybridized carbons (Fsp3) is 0.487. The maximum Gasteiger partial charge on any atom is 0.168 e. The molecule has 4 aliphatic carbocycles. The van der Waals surface area contributed by atoms with Gasteiger partial charge in [0, 0.05) is 56.2 Å². The van der Waals surface area contributed by atoms with Crippen LogP contribution in [-0.4, -0.2) is 75.1 Å². The molecule has 4 aliphatic heterocycles. The first-order valence-electron chi connectivity index (χ1n) is 16.9. The quantitative estimate of drug-likeness (QED) is 0.343. The summed E-state index contributed by atoms with van der Waals surface area (Å²) in [5.41, 5.74) is 6.65. The zero-order valence-electron chi connectivity index (χ0n) is 28.7. The Bertz CT molecular complexity index is 1660. The number of rotatable bonds is 3. The second kappa shape index (κ2) is 12.5. The van der Waals surface area contributed by atoms with Gasteiger partial charge in [-0.1, -0.05) is 17.7 Å². The van der Waals surface area contributed by atoms with Crippen molar-refractivity contribution in [2.24, 2.45) is 5.92 Å². The molecule has 6 bridgehead atoms. The molecule has 0 saturated heterocycles. The first kappa shape index (κ1) is 31.6. The average molecular weight is 641 g/mol. The highest BCUT2D eigenvalue weighted by atomic mass is 16.6. The van der Waals surface area contributed by atoms with E-state index >= 15 is 0 Å². The number of aliphatic hydroxyl groups excluding tert-OH is 1. The number of hydrogen-bond donors (Lipinski definition) is 1. The van der Waals surface area contributed by atoms with Gasteiger partial charge < -0.3 is 33.7 Å². The monoisotopic (exact) mass is 640 g/mol. The molecule has 4 heterocycles. The van der Waals surface area contributed by atoms with Crippen molar-refractivity contribution in [3.8, 4) is 0 Å². The molecule has 8 heteroatoms. The van der Waals surface area contributed by atoms with Gasteiger partial charge in [-0.3, -0.25) is 4.90 Å². The molecule has 0 aromatic carbocycles. The summed E-state index contributed by atoms with van der Waals surface area (Å²) in [6.45, 7) is 4.01. The first-order chi connectivity index (χ1) is 22.7. The zero-order chi connectivity index (χ0) is 32.9. The van der Waals surface area contributed by atoms with Crippen LogP contribution >= 0.6 is 0 Å². The van der Waals surface area contributed by atoms with Crippen molar-refractivity contribution < 1.29 is 28.8 Å². The van der Waals surface area contributed by atoms with Gasteiger partial charge in [-0.2, -0.15) is 0 Å². The summed E-state index contributed by atoms with van der Waals surface area (Å²) < 4.78 is 32.0. The highest BCUT2D eigenvalue weighted by Crippen LogP contribution is 2.48. The minimum absolute atomic E-state index is 0.00620. The largest absolute Gasteiger partial charge is 0.504 e. The Kier molecular flexibility index (Phi) is 8.41. The predicted octanol–water partition coefficient (Wildman–Crippen LogP) is 7.37. The van der Waals surface area contributed by atoms with Crippen LogP contribution in [0.3, 0.4) is 0 Å². The number of likely N-dealkylation sites (N-methyl/N-ethyl adjacent to an activating group) is 2. The third-order valence-electron chi connectivity index (χ3n) is 10.8. The summed E-state index contributed by atoms with van der Waals surface area (Å²) in [7, 11) is 9.56. The Balaban J connectivity index is 1.44. The van der Waals surface area contributed by atoms with Crippen molar-refractivity contribution >= 4 is 0 Å². The molecule has 250 valence electrons. The second-order valence-corrected chi connectivity index (χ2v) is 13.9. The fourth-order valence-electron chi connectivity index (χ4n) is 8.06. The van der Waals surface area contributed by atoms with Crippen LogP contribution in [0, 0.1) is 5.92 Å². The van der Waals surface area contributed by atoms with Crippen molar-refractivity contribution in [3.63, 3.8) is 0 Å². The van der Waals surface area contributed by atoms with E-state index in [2.05, 4.69) is 61.2 Å². The molecule has 0 radical (unpaired) electrons. The Labute approximate surface area is 279 Å². The molecule has 0 aromatic heterocycles. The van der Waals surface area contributed by atoms with Crippen LogP contribution in [0.25, 0.3) is 0 Å². The summed E-state index contributed by atoms with van der Waals surface area (Å²) >= 11 is 0. The summed E-state index contributed by atoms with van der Waals surface area (Å²) in [5.74, 6) is 4.71. The molecule has 8 nitrogen and oxygen atoms in total. The van der Waals surface area contributed by atoms with Crippen LogP contribution < -0.4 is 0 Å². The van der Waals surface area contributed by atoms with E-state index in [1.807, 2.05) is 12.2 Å². The number of hydrogen-bond acceptors (Lipinski definition) is 8. The maximum absolute atomic E-state index is 10.9. The minimum Gasteiger partial charge on any atom is -0.504 e. The molecule has 0 saturated carbocycles. The lowest BCUT2D eigenvalue weighted by Gasteiger charge is -2.45. The Hall–Kier alpha value is -4.04. The Morgan fingerprint density at radius 3 is 2.51 bits per heavy atom. The predicted molar refractivity (Wildman–Crippen MR) is 181 cm³/mol. The number of allylic oxidation sites excluding steroid dienone is 8. The molecule has 0 fully saturated rings. The van der Waals surface area contributed by atoms with Gasteiger partial charge >= 0.3 is 0 Å². The van der Waals surface area contributed by atoms with Crippen LogP contribution in [0.15, 0.2) is 116 Å². The highest BCUT2D eigenvalue weighted by molar-refractivity contribution is 5.56. The number of aliphatic hydroxyl groups is 1. The molecule has 0 spiro atoms. The van der Waals surface area contributed by atoms with Crippen LogP contribution in [0.1, 0.15) is 58.3 Å². The van der Waals surface area contributed by atoms with E-state index in [1.165, 1.54) is 16.7 Å². The van der Waals surface area contributed by atoms with Crippen molar-refractivity contribution in [2.75, 3.05) is 48.5 Å². The third kappa shape index (κ3) is 5.86. The van der Waals surface area contributed by atoms with Gasteiger partial charge in [-0.25, -0.2) is 0 Å². The fourth-order valence-corrected chi connectivity index (χ4v) is 8.06. The highest BCUT2D eigenvalue weighted by Gasteiger charge is 2.45. The Morgan fingerprint density at radius 2 is 1.77 bits per heavy atom. The van der Waals surface area contributed by atoms with Crippen LogP contribution in [0.5, 0.6) is 0 Å². The van der Waals surface area contributed by atoms with Crippen molar-refractivity contribution in [1.82, 2.24) is 9.80 Å². The third-order valence-corrected chi connectivity index (χ3v) is 10.8. The van der Waals surface area contributed by atoms with Crippen LogP contribution in [0.4, 0.5) is 0 Å². The van der Waals surface area contributed by atoms with Gasteiger partial charge in [0.05, 0.1) is 27.8 Å². The van der Waals surface area contributed by atoms with Crippen molar-refractivity contribution in [1.29, 1.82) is 0 Å². The van der Waals surface area contributed by atoms with Crippen LogP contribution in [-0.2, 0) is 23.7 Å². The van der Waals surface area contributed by atoms with Gasteiger partial charge in [-0.15, -0.1) is 0 Å². The molecule has 47 heavy (non-hydrogen) atoms. The molecule has 0 amide bonds. The zero-order valence-corrected chi connectivity index (χ0v) is 28.7. The van der Waals surface area contributed by atoms with Gasteiger partial charge in [-0.05, 0) is 93.2 Å². The smallest absolute Gasteiger partial charge is 0.168 e. The van der Waals surface area contributed by atoms with E-state index in [4.69, 9.17) is 23.7 Å². The molecule has 8 rings (SSSR count). The Morgan fingerprint density at radius 1 is 0.936 bits per heavy atom. The van der Waals surface area contributed by atoms with E-state index in [9.17, 15) is 5.11 Å². The van der Waals surface area contributed by atoms with Gasteiger partial charge in [0.1, 0.15) is 23.0 Å². The molecule has 3 atom stereocenters. The molecular weight excluding hydrogens is 592 g/mol. The number of ether oxygens (including phenoxy) is 5. The number of nitrogens with zero attached hydrogens (tertiary/aromatic N) is 2. The van der Waals surface area contributed by atoms with Gasteiger partial charge in [0.15, 0.2) is 22.9 Å². The lowest BCUT2D eigenvalue weighted by atomic mass is 9.76. The molecule has 8 aliphatic rings. The van der Waals surface area contributed by atoms with Crippen molar-refractivity contribution in [3.05, 3.63) is 116 Å². The second-order valence-electron chi connectivity index (χ2n) is 13.9. The van der Waals surface area contributed by atoms with E-state index < -0.39 is 5.60 Å². The van der Waals surface area contributed by atoms with Crippen LogP contribution in [0.2, 0.25) is 0 Å². The first-order valence-corrected chi connectivity index (χ1v) is 16.9. The number of fused-ring (bicyclic) bond motifs is 2. The SMILES string of the molecule is COC1=CC2=C3C(=CC4C=C(OC5=CC=C(CC5)CC5C6=C(C=C(OC)C(C)(C6)OC3=C(OC)C1)CCN5C)C(O)=CC4)N(C)CC2. The normalized spacial score (nSPS) is 29.7. The summed E-state index contributed by atoms with van der Waals surface area (Å²) in [4.78, 5) is 4.79. The van der Waals surface area contributed by atoms with E-state index in [0.29, 0.717) is 18.6 Å². The van der Waals surface area contributed by atoms with E-state index in [1.54, 1.807) is 21.3 Å². The van der Waals surface area contributed by atoms with E-state index in [-0.39, 0.29) is 17.7 Å². The maximum atomic E-state index is 10.9. The molecule has 0 aromatic rings. The standard InChI is InChI=1S/C39H48N2O6/c1-39-23-30-26(21-36(39)45-6)13-15-40(2)31(30)17-24-7-10-28(11-8-24)46-34-19-25(9-12-33(34)42)18-32-37-27(14-16-41(32)3)20-29(43-4)22-35(44-5)38(37)47-39/h7,10,12,18-21,25,31,42H,8-9,11,13-17,22-23H2,1-6H3. The average Bonchev–Trinajstić information content (AvgIpc) is 3.21. The molecule has 3 unspecified atom stereocenters. The molecular formula is C39H48N2O6. The summed E-state index contributed by atoms with van der Waals surface area (Å²) in [5, 5.41) is 10.9.